The second kappa shape index (κ2) is 4.19. The molecule has 0 aliphatic carbocycles. The van der Waals surface area contributed by atoms with Crippen molar-refractivity contribution in [3.05, 3.63) is 11.9 Å². The normalized spacial score (nSPS) is 21.0. The Balaban J connectivity index is 1.78. The summed E-state index contributed by atoms with van der Waals surface area (Å²) in [7, 11) is 0. The van der Waals surface area contributed by atoms with Crippen molar-refractivity contribution in [2.75, 3.05) is 19.8 Å². The average Bonchev–Trinajstić information content (AvgIpc) is 2.87. The second-order valence-corrected chi connectivity index (χ2v) is 3.29. The summed E-state index contributed by atoms with van der Waals surface area (Å²) in [6.45, 7) is 2.18. The van der Waals surface area contributed by atoms with Crippen molar-refractivity contribution in [1.82, 2.24) is 20.7 Å². The summed E-state index contributed by atoms with van der Waals surface area (Å²) >= 11 is 0. The second-order valence-electron chi connectivity index (χ2n) is 3.29. The van der Waals surface area contributed by atoms with E-state index >= 15 is 0 Å². The number of nitrogens with one attached hydrogen (secondary N) is 2. The molecule has 1 aromatic rings. The van der Waals surface area contributed by atoms with E-state index in [1.54, 1.807) is 0 Å². The third kappa shape index (κ3) is 2.08. The molecule has 6 nitrogen and oxygen atoms in total. The Morgan fingerprint density at radius 3 is 3.36 bits per heavy atom. The van der Waals surface area contributed by atoms with Crippen molar-refractivity contribution >= 4 is 5.91 Å². The maximum atomic E-state index is 11.4. The zero-order valence-corrected chi connectivity index (χ0v) is 7.69. The van der Waals surface area contributed by atoms with Crippen molar-refractivity contribution in [1.29, 1.82) is 0 Å². The topological polar surface area (TPSA) is 79.9 Å². The first-order valence-electron chi connectivity index (χ1n) is 4.58. The molecule has 2 N–H and O–H groups in total. The van der Waals surface area contributed by atoms with E-state index in [1.165, 1.54) is 6.20 Å². The largest absolute Gasteiger partial charge is 0.381 e. The summed E-state index contributed by atoms with van der Waals surface area (Å²) < 4.78 is 5.19. The van der Waals surface area contributed by atoms with Crippen molar-refractivity contribution in [3.63, 3.8) is 0 Å². The number of amides is 1. The lowest BCUT2D eigenvalue weighted by atomic mass is 10.1. The molecule has 1 atom stereocenters. The molecule has 1 unspecified atom stereocenters. The lowest BCUT2D eigenvalue weighted by molar-refractivity contribution is 0.0940. The number of H-pyrrole nitrogens is 1. The molecule has 1 amide bonds. The van der Waals surface area contributed by atoms with Crippen LogP contribution in [-0.2, 0) is 4.74 Å². The predicted molar refractivity (Wildman–Crippen MR) is 47.6 cm³/mol. The maximum Gasteiger partial charge on any atom is 0.273 e. The number of ether oxygens (including phenoxy) is 1. The van der Waals surface area contributed by atoms with E-state index in [-0.39, 0.29) is 5.91 Å². The fourth-order valence-electron chi connectivity index (χ4n) is 1.38. The minimum Gasteiger partial charge on any atom is -0.381 e. The van der Waals surface area contributed by atoms with Gasteiger partial charge in [-0.2, -0.15) is 15.4 Å². The van der Waals surface area contributed by atoms with Gasteiger partial charge in [-0.3, -0.25) is 4.79 Å². The van der Waals surface area contributed by atoms with Gasteiger partial charge < -0.3 is 10.1 Å². The Morgan fingerprint density at radius 1 is 1.79 bits per heavy atom. The third-order valence-electron chi connectivity index (χ3n) is 2.22. The fourth-order valence-corrected chi connectivity index (χ4v) is 1.38. The van der Waals surface area contributed by atoms with E-state index in [9.17, 15) is 4.79 Å². The average molecular weight is 196 g/mol. The number of nitrogens with zero attached hydrogens (tertiary/aromatic N) is 2. The van der Waals surface area contributed by atoms with Gasteiger partial charge in [0.05, 0.1) is 12.8 Å². The van der Waals surface area contributed by atoms with Crippen molar-refractivity contribution in [2.24, 2.45) is 5.92 Å². The van der Waals surface area contributed by atoms with Crippen LogP contribution in [0.5, 0.6) is 0 Å². The highest BCUT2D eigenvalue weighted by Crippen LogP contribution is 2.10. The summed E-state index contributed by atoms with van der Waals surface area (Å²) in [5.41, 5.74) is 0.323. The van der Waals surface area contributed by atoms with Gasteiger partial charge in [0.2, 0.25) is 0 Å². The van der Waals surface area contributed by atoms with Crippen LogP contribution in [0.2, 0.25) is 0 Å². The lowest BCUT2D eigenvalue weighted by Gasteiger charge is -2.07. The van der Waals surface area contributed by atoms with Crippen LogP contribution in [-0.4, -0.2) is 41.1 Å². The molecule has 76 valence electrons. The van der Waals surface area contributed by atoms with E-state index in [2.05, 4.69) is 20.7 Å². The van der Waals surface area contributed by atoms with Crippen LogP contribution in [0.4, 0.5) is 0 Å². The first kappa shape index (κ1) is 9.14. The predicted octanol–water partition coefficient (Wildman–Crippen LogP) is -0.429. The molecule has 1 fully saturated rings. The third-order valence-corrected chi connectivity index (χ3v) is 2.22. The Kier molecular flexibility index (Phi) is 2.73. The van der Waals surface area contributed by atoms with Gasteiger partial charge in [-0.05, 0) is 6.42 Å². The Morgan fingerprint density at radius 2 is 2.71 bits per heavy atom. The Bertz CT molecular complexity index is 292. The summed E-state index contributed by atoms with van der Waals surface area (Å²) in [6, 6.07) is 0. The molecule has 14 heavy (non-hydrogen) atoms. The minimum atomic E-state index is -0.189. The van der Waals surface area contributed by atoms with E-state index in [0.717, 1.165) is 19.6 Å². The van der Waals surface area contributed by atoms with Crippen LogP contribution in [0.15, 0.2) is 6.20 Å². The van der Waals surface area contributed by atoms with Crippen LogP contribution < -0.4 is 5.32 Å². The van der Waals surface area contributed by atoms with Crippen LogP contribution in [0.1, 0.15) is 16.9 Å². The van der Waals surface area contributed by atoms with E-state index in [1.807, 2.05) is 0 Å². The number of hydrogen-bond donors (Lipinski definition) is 2. The zero-order chi connectivity index (χ0) is 9.80. The summed E-state index contributed by atoms with van der Waals surface area (Å²) in [6.07, 6.45) is 2.42. The molecule has 0 spiro atoms. The molecule has 1 aliphatic rings. The molecule has 6 heteroatoms. The van der Waals surface area contributed by atoms with Gasteiger partial charge in [-0.15, -0.1) is 0 Å². The standard InChI is InChI=1S/C8H12N4O2/c13-8(7-4-10-12-11-7)9-3-6-1-2-14-5-6/h4,6H,1-3,5H2,(H,9,13)(H,10,11,12). The first-order chi connectivity index (χ1) is 6.86. The monoisotopic (exact) mass is 196 g/mol. The van der Waals surface area contributed by atoms with Crippen molar-refractivity contribution < 1.29 is 9.53 Å². The summed E-state index contributed by atoms with van der Waals surface area (Å²) in [4.78, 5) is 11.4. The number of carbonyl (C=O) groups is 1. The number of aromatic nitrogens is 3. The molecule has 2 rings (SSSR count). The van der Waals surface area contributed by atoms with Crippen LogP contribution in [0.3, 0.4) is 0 Å². The van der Waals surface area contributed by atoms with Gasteiger partial charge in [-0.25, -0.2) is 0 Å². The molecule has 0 radical (unpaired) electrons. The maximum absolute atomic E-state index is 11.4. The molecule has 0 bridgehead atoms. The number of carbonyl (C=O) groups excluding carboxylic acids is 1. The van der Waals surface area contributed by atoms with Crippen molar-refractivity contribution in [2.45, 2.75) is 6.42 Å². The molecular weight excluding hydrogens is 184 g/mol. The van der Waals surface area contributed by atoms with Gasteiger partial charge in [0.25, 0.3) is 5.91 Å². The quantitative estimate of drug-likeness (QED) is 0.687. The van der Waals surface area contributed by atoms with Gasteiger partial charge in [0.1, 0.15) is 0 Å². The number of aromatic amines is 1. The minimum absolute atomic E-state index is 0.189. The van der Waals surface area contributed by atoms with Crippen LogP contribution in [0, 0.1) is 5.92 Å². The Labute approximate surface area is 81.0 Å². The molecule has 0 saturated carbocycles. The molecule has 1 saturated heterocycles. The number of hydrogen-bond acceptors (Lipinski definition) is 4. The van der Waals surface area contributed by atoms with Crippen molar-refractivity contribution in [3.8, 4) is 0 Å². The SMILES string of the molecule is O=C(NCC1CCOC1)c1cn[nH]n1. The van der Waals surface area contributed by atoms with Gasteiger partial charge >= 0.3 is 0 Å². The molecule has 1 aromatic heterocycles. The highest BCUT2D eigenvalue weighted by atomic mass is 16.5. The van der Waals surface area contributed by atoms with E-state index in [0.29, 0.717) is 18.2 Å². The highest BCUT2D eigenvalue weighted by molar-refractivity contribution is 5.91. The summed E-state index contributed by atoms with van der Waals surface area (Å²) in [5.74, 6) is 0.247. The smallest absolute Gasteiger partial charge is 0.273 e. The molecule has 1 aliphatic heterocycles. The van der Waals surface area contributed by atoms with Crippen LogP contribution >= 0.6 is 0 Å². The fraction of sp³-hybridized carbons (Fsp3) is 0.625. The summed E-state index contributed by atoms with van der Waals surface area (Å²) in [5, 5.41) is 12.4. The molecular formula is C8H12N4O2. The van der Waals surface area contributed by atoms with Gasteiger partial charge in [0.15, 0.2) is 5.69 Å². The Hall–Kier alpha value is -1.43. The van der Waals surface area contributed by atoms with Gasteiger partial charge in [0, 0.05) is 19.1 Å². The van der Waals surface area contributed by atoms with E-state index < -0.39 is 0 Å². The first-order valence-corrected chi connectivity index (χ1v) is 4.58. The lowest BCUT2D eigenvalue weighted by Crippen LogP contribution is -2.29. The molecule has 0 aromatic carbocycles. The molecule has 2 heterocycles. The zero-order valence-electron chi connectivity index (χ0n) is 7.69. The van der Waals surface area contributed by atoms with Gasteiger partial charge in [-0.1, -0.05) is 0 Å². The highest BCUT2D eigenvalue weighted by Gasteiger charge is 2.17. The van der Waals surface area contributed by atoms with E-state index in [4.69, 9.17) is 4.74 Å². The van der Waals surface area contributed by atoms with Crippen LogP contribution in [0.25, 0.3) is 0 Å². The number of rotatable bonds is 3.